The SMILES string of the molecule is COc1cccc([C@H]2CNN=C2C(=O)c2ccccc2)c1. The Hall–Kier alpha value is -2.62. The van der Waals surface area contributed by atoms with Crippen LogP contribution in [0.4, 0.5) is 0 Å². The van der Waals surface area contributed by atoms with Crippen LogP contribution in [0.1, 0.15) is 21.8 Å². The van der Waals surface area contributed by atoms with Crippen molar-refractivity contribution in [2.24, 2.45) is 5.10 Å². The van der Waals surface area contributed by atoms with Gasteiger partial charge in [-0.05, 0) is 17.7 Å². The molecule has 0 aromatic heterocycles. The fourth-order valence-corrected chi connectivity index (χ4v) is 2.48. The van der Waals surface area contributed by atoms with Crippen LogP contribution in [0.25, 0.3) is 0 Å². The number of hydrazone groups is 1. The molecule has 2 aromatic carbocycles. The minimum Gasteiger partial charge on any atom is -0.497 e. The average Bonchev–Trinajstić information content (AvgIpc) is 3.04. The zero-order valence-corrected chi connectivity index (χ0v) is 11.7. The Kier molecular flexibility index (Phi) is 3.69. The van der Waals surface area contributed by atoms with E-state index in [0.717, 1.165) is 11.3 Å². The van der Waals surface area contributed by atoms with E-state index in [2.05, 4.69) is 10.5 Å². The highest BCUT2D eigenvalue weighted by molar-refractivity contribution is 6.48. The van der Waals surface area contributed by atoms with Crippen LogP contribution in [-0.2, 0) is 0 Å². The van der Waals surface area contributed by atoms with Crippen LogP contribution >= 0.6 is 0 Å². The Morgan fingerprint density at radius 2 is 2.00 bits per heavy atom. The lowest BCUT2D eigenvalue weighted by Crippen LogP contribution is -2.21. The first-order chi connectivity index (χ1) is 10.3. The number of Topliss-reactive ketones (excluding diaryl/α,β-unsaturated/α-hetero) is 1. The highest BCUT2D eigenvalue weighted by Crippen LogP contribution is 2.25. The molecule has 4 nitrogen and oxygen atoms in total. The summed E-state index contributed by atoms with van der Waals surface area (Å²) >= 11 is 0. The molecule has 4 heteroatoms. The summed E-state index contributed by atoms with van der Waals surface area (Å²) in [5, 5.41) is 4.20. The third-order valence-corrected chi connectivity index (χ3v) is 3.59. The van der Waals surface area contributed by atoms with Crippen molar-refractivity contribution in [3.8, 4) is 5.75 Å². The number of nitrogens with one attached hydrogen (secondary N) is 1. The molecule has 0 aliphatic carbocycles. The lowest BCUT2D eigenvalue weighted by Gasteiger charge is -2.12. The molecule has 1 aliphatic heterocycles. The molecule has 0 bridgehead atoms. The Bertz CT molecular complexity index is 680. The molecule has 21 heavy (non-hydrogen) atoms. The van der Waals surface area contributed by atoms with Crippen molar-refractivity contribution in [2.45, 2.75) is 5.92 Å². The number of nitrogens with zero attached hydrogens (tertiary/aromatic N) is 1. The van der Waals surface area contributed by atoms with E-state index in [9.17, 15) is 4.79 Å². The maximum Gasteiger partial charge on any atom is 0.209 e. The number of carbonyl (C=O) groups is 1. The monoisotopic (exact) mass is 280 g/mol. The van der Waals surface area contributed by atoms with Gasteiger partial charge < -0.3 is 10.2 Å². The van der Waals surface area contributed by atoms with E-state index in [1.165, 1.54) is 0 Å². The first-order valence-electron chi connectivity index (χ1n) is 6.83. The second kappa shape index (κ2) is 5.79. The van der Waals surface area contributed by atoms with Crippen LogP contribution in [0.15, 0.2) is 59.7 Å². The summed E-state index contributed by atoms with van der Waals surface area (Å²) in [4.78, 5) is 12.6. The largest absolute Gasteiger partial charge is 0.497 e. The second-order valence-electron chi connectivity index (χ2n) is 4.88. The van der Waals surface area contributed by atoms with Crippen LogP contribution in [-0.4, -0.2) is 25.1 Å². The van der Waals surface area contributed by atoms with Crippen LogP contribution in [0.2, 0.25) is 0 Å². The standard InChI is InChI=1S/C17H16N2O2/c1-21-14-9-5-8-13(10-14)15-11-18-19-16(15)17(20)12-6-3-2-4-7-12/h2-10,15,18H,11H2,1H3/t15-/m1/s1. The third-order valence-electron chi connectivity index (χ3n) is 3.59. The maximum absolute atomic E-state index is 12.6. The highest BCUT2D eigenvalue weighted by atomic mass is 16.5. The Morgan fingerprint density at radius 3 is 2.76 bits per heavy atom. The first kappa shape index (κ1) is 13.4. The lowest BCUT2D eigenvalue weighted by atomic mass is 9.90. The zero-order valence-electron chi connectivity index (χ0n) is 11.7. The average molecular weight is 280 g/mol. The lowest BCUT2D eigenvalue weighted by molar-refractivity contribution is 0.106. The number of benzene rings is 2. The fourth-order valence-electron chi connectivity index (χ4n) is 2.48. The molecule has 1 N–H and O–H groups in total. The van der Waals surface area contributed by atoms with Gasteiger partial charge in [-0.3, -0.25) is 4.79 Å². The van der Waals surface area contributed by atoms with Crippen LogP contribution in [0.5, 0.6) is 5.75 Å². The van der Waals surface area contributed by atoms with Gasteiger partial charge in [0.25, 0.3) is 0 Å². The van der Waals surface area contributed by atoms with Crippen molar-refractivity contribution < 1.29 is 9.53 Å². The molecule has 0 unspecified atom stereocenters. The molecule has 0 saturated heterocycles. The first-order valence-corrected chi connectivity index (χ1v) is 6.83. The summed E-state index contributed by atoms with van der Waals surface area (Å²) in [6.45, 7) is 0.626. The molecule has 2 aromatic rings. The number of rotatable bonds is 4. The second-order valence-corrected chi connectivity index (χ2v) is 4.88. The molecule has 106 valence electrons. The van der Waals surface area contributed by atoms with Crippen molar-refractivity contribution in [1.82, 2.24) is 5.43 Å². The molecule has 0 amide bonds. The molecular formula is C17H16N2O2. The van der Waals surface area contributed by atoms with Gasteiger partial charge in [0, 0.05) is 12.1 Å². The van der Waals surface area contributed by atoms with Crippen LogP contribution < -0.4 is 10.2 Å². The van der Waals surface area contributed by atoms with E-state index < -0.39 is 0 Å². The summed E-state index contributed by atoms with van der Waals surface area (Å²) in [5.41, 5.74) is 5.18. The zero-order chi connectivity index (χ0) is 14.7. The minimum atomic E-state index is -0.0483. The van der Waals surface area contributed by atoms with E-state index in [-0.39, 0.29) is 11.7 Å². The molecule has 1 atom stereocenters. The summed E-state index contributed by atoms with van der Waals surface area (Å²) in [6, 6.07) is 17.0. The van der Waals surface area contributed by atoms with Crippen molar-refractivity contribution >= 4 is 11.5 Å². The number of carbonyl (C=O) groups excluding carboxylic acids is 1. The molecular weight excluding hydrogens is 264 g/mol. The summed E-state index contributed by atoms with van der Waals surface area (Å²) in [6.07, 6.45) is 0. The van der Waals surface area contributed by atoms with E-state index in [0.29, 0.717) is 17.8 Å². The Labute approximate surface area is 123 Å². The van der Waals surface area contributed by atoms with E-state index in [1.807, 2.05) is 54.6 Å². The highest BCUT2D eigenvalue weighted by Gasteiger charge is 2.29. The van der Waals surface area contributed by atoms with Gasteiger partial charge in [0.1, 0.15) is 11.5 Å². The summed E-state index contributed by atoms with van der Waals surface area (Å²) in [5.74, 6) is 0.701. The van der Waals surface area contributed by atoms with Gasteiger partial charge in [0.2, 0.25) is 5.78 Å². The van der Waals surface area contributed by atoms with Gasteiger partial charge in [-0.2, -0.15) is 5.10 Å². The predicted octanol–water partition coefficient (Wildman–Crippen LogP) is 2.62. The number of ether oxygens (including phenoxy) is 1. The Morgan fingerprint density at radius 1 is 1.19 bits per heavy atom. The van der Waals surface area contributed by atoms with Gasteiger partial charge >= 0.3 is 0 Å². The smallest absolute Gasteiger partial charge is 0.209 e. The minimum absolute atomic E-state index is 0.0339. The number of hydrogen-bond acceptors (Lipinski definition) is 4. The molecule has 0 radical (unpaired) electrons. The Balaban J connectivity index is 1.90. The van der Waals surface area contributed by atoms with E-state index in [1.54, 1.807) is 7.11 Å². The van der Waals surface area contributed by atoms with Gasteiger partial charge in [-0.1, -0.05) is 42.5 Å². The number of hydrogen-bond donors (Lipinski definition) is 1. The molecule has 0 saturated carbocycles. The third kappa shape index (κ3) is 2.65. The molecule has 0 fully saturated rings. The van der Waals surface area contributed by atoms with Crippen LogP contribution in [0, 0.1) is 0 Å². The molecule has 3 rings (SSSR count). The summed E-state index contributed by atoms with van der Waals surface area (Å²) < 4.78 is 5.25. The van der Waals surface area contributed by atoms with Crippen molar-refractivity contribution in [1.29, 1.82) is 0 Å². The van der Waals surface area contributed by atoms with E-state index >= 15 is 0 Å². The van der Waals surface area contributed by atoms with Crippen molar-refractivity contribution in [3.05, 3.63) is 65.7 Å². The van der Waals surface area contributed by atoms with Gasteiger partial charge in [0.15, 0.2) is 0 Å². The van der Waals surface area contributed by atoms with E-state index in [4.69, 9.17) is 4.74 Å². The van der Waals surface area contributed by atoms with Gasteiger partial charge in [-0.15, -0.1) is 0 Å². The van der Waals surface area contributed by atoms with Gasteiger partial charge in [-0.25, -0.2) is 0 Å². The molecule has 1 heterocycles. The number of ketones is 1. The quantitative estimate of drug-likeness (QED) is 0.876. The fraction of sp³-hybridized carbons (Fsp3) is 0.176. The maximum atomic E-state index is 12.6. The van der Waals surface area contributed by atoms with Crippen molar-refractivity contribution in [2.75, 3.05) is 13.7 Å². The summed E-state index contributed by atoms with van der Waals surface area (Å²) in [7, 11) is 1.64. The molecule has 0 spiro atoms. The van der Waals surface area contributed by atoms with Gasteiger partial charge in [0.05, 0.1) is 13.0 Å². The topological polar surface area (TPSA) is 50.7 Å². The predicted molar refractivity (Wildman–Crippen MR) is 81.9 cm³/mol. The van der Waals surface area contributed by atoms with Crippen LogP contribution in [0.3, 0.4) is 0 Å². The van der Waals surface area contributed by atoms with Crippen molar-refractivity contribution in [3.63, 3.8) is 0 Å². The normalized spacial score (nSPS) is 17.0. The number of methoxy groups -OCH3 is 1. The molecule has 1 aliphatic rings.